The highest BCUT2D eigenvalue weighted by Crippen LogP contribution is 2.37. The van der Waals surface area contributed by atoms with Gasteiger partial charge in [0.2, 0.25) is 0 Å². The van der Waals surface area contributed by atoms with Crippen molar-refractivity contribution in [2.24, 2.45) is 0 Å². The standard InChI is InChI=1S/C22H39N7O2/c1-3-5-9-27-12-14-28(15-13-27)10-7-8-11-29-18(17-30)24-19-20(23)25-22(26-21(19)29)31-16-6-4-2/h17-18,24H,3-16H2,1-2H3,(H2,23,25,26). The van der Waals surface area contributed by atoms with Gasteiger partial charge in [0.05, 0.1) is 6.61 Å². The molecular weight excluding hydrogens is 394 g/mol. The number of carbonyl (C=O) groups is 1. The van der Waals surface area contributed by atoms with Crippen molar-refractivity contribution in [1.82, 2.24) is 19.8 Å². The predicted molar refractivity (Wildman–Crippen MR) is 125 cm³/mol. The molecule has 0 aliphatic carbocycles. The van der Waals surface area contributed by atoms with Crippen molar-refractivity contribution in [3.63, 3.8) is 0 Å². The van der Waals surface area contributed by atoms with Gasteiger partial charge in [0.25, 0.3) is 0 Å². The third-order valence-corrected chi connectivity index (χ3v) is 6.07. The summed E-state index contributed by atoms with van der Waals surface area (Å²) in [5.41, 5.74) is 6.73. The third kappa shape index (κ3) is 6.43. The number of aromatic nitrogens is 2. The van der Waals surface area contributed by atoms with Crippen LogP contribution in [0, 0.1) is 0 Å². The minimum Gasteiger partial charge on any atom is -0.463 e. The molecule has 1 aromatic rings. The van der Waals surface area contributed by atoms with Gasteiger partial charge in [-0.2, -0.15) is 9.97 Å². The number of nitrogens with one attached hydrogen (secondary N) is 1. The van der Waals surface area contributed by atoms with Crippen LogP contribution in [0.4, 0.5) is 17.3 Å². The van der Waals surface area contributed by atoms with Crippen molar-refractivity contribution in [2.45, 2.75) is 58.5 Å². The van der Waals surface area contributed by atoms with Gasteiger partial charge < -0.3 is 30.5 Å². The molecule has 9 nitrogen and oxygen atoms in total. The normalized spacial score (nSPS) is 19.3. The van der Waals surface area contributed by atoms with Gasteiger partial charge in [-0.1, -0.05) is 26.7 Å². The molecular formula is C22H39N7O2. The molecule has 3 heterocycles. The number of nitrogens with two attached hydrogens (primary N) is 1. The van der Waals surface area contributed by atoms with Crippen molar-refractivity contribution < 1.29 is 9.53 Å². The van der Waals surface area contributed by atoms with Gasteiger partial charge in [-0.05, 0) is 38.8 Å². The first-order valence-corrected chi connectivity index (χ1v) is 11.9. The second kappa shape index (κ2) is 12.0. The number of unbranched alkanes of at least 4 members (excludes halogenated alkanes) is 3. The zero-order chi connectivity index (χ0) is 22.1. The number of nitrogens with zero attached hydrogens (tertiary/aromatic N) is 5. The minimum absolute atomic E-state index is 0.281. The Morgan fingerprint density at radius 2 is 1.65 bits per heavy atom. The molecule has 1 atom stereocenters. The molecule has 0 amide bonds. The maximum atomic E-state index is 11.6. The maximum Gasteiger partial charge on any atom is 0.320 e. The van der Waals surface area contributed by atoms with E-state index < -0.39 is 6.17 Å². The quantitative estimate of drug-likeness (QED) is 0.358. The van der Waals surface area contributed by atoms with Gasteiger partial charge in [-0.3, -0.25) is 4.79 Å². The van der Waals surface area contributed by atoms with Crippen LogP contribution in [0.25, 0.3) is 0 Å². The molecule has 3 rings (SSSR count). The van der Waals surface area contributed by atoms with Crippen molar-refractivity contribution in [3.05, 3.63) is 0 Å². The Bertz CT molecular complexity index is 695. The Kier molecular flexibility index (Phi) is 9.14. The zero-order valence-corrected chi connectivity index (χ0v) is 19.2. The summed E-state index contributed by atoms with van der Waals surface area (Å²) < 4.78 is 5.65. The van der Waals surface area contributed by atoms with Crippen LogP contribution < -0.4 is 20.7 Å². The first kappa shape index (κ1) is 23.5. The molecule has 0 bridgehead atoms. The van der Waals surface area contributed by atoms with E-state index >= 15 is 0 Å². The highest BCUT2D eigenvalue weighted by molar-refractivity contribution is 5.87. The molecule has 1 fully saturated rings. The van der Waals surface area contributed by atoms with Crippen molar-refractivity contribution in [1.29, 1.82) is 0 Å². The van der Waals surface area contributed by atoms with Crippen LogP contribution in [0.1, 0.15) is 52.4 Å². The number of fused-ring (bicyclic) bond motifs is 1. The van der Waals surface area contributed by atoms with Gasteiger partial charge in [0.1, 0.15) is 5.69 Å². The average molecular weight is 434 g/mol. The summed E-state index contributed by atoms with van der Waals surface area (Å²) in [7, 11) is 0. The summed E-state index contributed by atoms with van der Waals surface area (Å²) in [5.74, 6) is 0.993. The van der Waals surface area contributed by atoms with Crippen LogP contribution in [0.5, 0.6) is 6.01 Å². The predicted octanol–water partition coefficient (Wildman–Crippen LogP) is 2.19. The third-order valence-electron chi connectivity index (χ3n) is 6.07. The number of rotatable bonds is 13. The molecule has 1 saturated heterocycles. The highest BCUT2D eigenvalue weighted by Gasteiger charge is 2.32. The fraction of sp³-hybridized carbons (Fsp3) is 0.773. The van der Waals surface area contributed by atoms with Crippen LogP contribution in [-0.4, -0.2) is 84.6 Å². The number of nitrogen functional groups attached to an aromatic ring is 1. The molecule has 0 spiro atoms. The second-order valence-electron chi connectivity index (χ2n) is 8.45. The Labute approximate surface area is 186 Å². The first-order chi connectivity index (χ1) is 15.2. The number of ether oxygens (including phenoxy) is 1. The molecule has 2 aliphatic rings. The van der Waals surface area contributed by atoms with Crippen LogP contribution >= 0.6 is 0 Å². The summed E-state index contributed by atoms with van der Waals surface area (Å²) in [6.45, 7) is 12.6. The largest absolute Gasteiger partial charge is 0.463 e. The van der Waals surface area contributed by atoms with E-state index in [-0.39, 0.29) is 6.01 Å². The molecule has 2 aliphatic heterocycles. The number of hydrogen-bond acceptors (Lipinski definition) is 9. The number of aldehydes is 1. The lowest BCUT2D eigenvalue weighted by Gasteiger charge is -2.34. The molecule has 3 N–H and O–H groups in total. The maximum absolute atomic E-state index is 11.6. The van der Waals surface area contributed by atoms with Gasteiger partial charge >= 0.3 is 6.01 Å². The Hall–Kier alpha value is -2.13. The van der Waals surface area contributed by atoms with E-state index in [4.69, 9.17) is 10.5 Å². The van der Waals surface area contributed by atoms with Crippen LogP contribution in [0.15, 0.2) is 0 Å². The summed E-state index contributed by atoms with van der Waals surface area (Å²) >= 11 is 0. The molecule has 1 aromatic heterocycles. The van der Waals surface area contributed by atoms with Gasteiger partial charge in [-0.25, -0.2) is 0 Å². The van der Waals surface area contributed by atoms with Gasteiger partial charge in [0.15, 0.2) is 24.1 Å². The molecule has 174 valence electrons. The SMILES string of the molecule is CCCCOc1nc(N)c2c(n1)N(CCCCN1CCN(CCCC)CC1)C(C=O)N2. The molecule has 9 heteroatoms. The van der Waals surface area contributed by atoms with E-state index in [1.165, 1.54) is 32.5 Å². The summed E-state index contributed by atoms with van der Waals surface area (Å²) in [6.07, 6.45) is 7.04. The minimum atomic E-state index is -0.459. The molecule has 0 radical (unpaired) electrons. The Morgan fingerprint density at radius 3 is 2.29 bits per heavy atom. The van der Waals surface area contributed by atoms with E-state index in [2.05, 4.69) is 38.9 Å². The fourth-order valence-corrected chi connectivity index (χ4v) is 4.11. The number of piperazine rings is 1. The summed E-state index contributed by atoms with van der Waals surface area (Å²) in [5, 5.41) is 3.15. The van der Waals surface area contributed by atoms with E-state index in [0.717, 1.165) is 58.1 Å². The second-order valence-corrected chi connectivity index (χ2v) is 8.45. The van der Waals surface area contributed by atoms with Gasteiger partial charge in [0, 0.05) is 32.7 Å². The number of carbonyl (C=O) groups excluding carboxylic acids is 1. The molecule has 0 saturated carbocycles. The Balaban J connectivity index is 1.48. The molecule has 1 unspecified atom stereocenters. The van der Waals surface area contributed by atoms with E-state index in [1.54, 1.807) is 0 Å². The Morgan fingerprint density at radius 1 is 1.00 bits per heavy atom. The average Bonchev–Trinajstić information content (AvgIpc) is 3.14. The lowest BCUT2D eigenvalue weighted by atomic mass is 10.2. The highest BCUT2D eigenvalue weighted by atomic mass is 16.5. The van der Waals surface area contributed by atoms with Crippen molar-refractivity contribution >= 4 is 23.6 Å². The van der Waals surface area contributed by atoms with Crippen LogP contribution in [0.3, 0.4) is 0 Å². The monoisotopic (exact) mass is 433 g/mol. The van der Waals surface area contributed by atoms with Crippen molar-refractivity contribution in [2.75, 3.05) is 68.4 Å². The fourth-order valence-electron chi connectivity index (χ4n) is 4.11. The van der Waals surface area contributed by atoms with Gasteiger partial charge in [-0.15, -0.1) is 0 Å². The van der Waals surface area contributed by atoms with E-state index in [9.17, 15) is 4.79 Å². The lowest BCUT2D eigenvalue weighted by molar-refractivity contribution is -0.108. The summed E-state index contributed by atoms with van der Waals surface area (Å²) in [4.78, 5) is 27.5. The van der Waals surface area contributed by atoms with E-state index in [1.807, 2.05) is 4.90 Å². The first-order valence-electron chi connectivity index (χ1n) is 11.9. The van der Waals surface area contributed by atoms with E-state index in [0.29, 0.717) is 23.9 Å². The molecule has 0 aromatic carbocycles. The number of anilines is 3. The molecule has 31 heavy (non-hydrogen) atoms. The van der Waals surface area contributed by atoms with Crippen LogP contribution in [0.2, 0.25) is 0 Å². The topological polar surface area (TPSA) is 99.8 Å². The van der Waals surface area contributed by atoms with Crippen molar-refractivity contribution in [3.8, 4) is 6.01 Å². The summed E-state index contributed by atoms with van der Waals surface area (Å²) in [6, 6.07) is 0.281. The smallest absolute Gasteiger partial charge is 0.320 e. The lowest BCUT2D eigenvalue weighted by Crippen LogP contribution is -2.46. The zero-order valence-electron chi connectivity index (χ0n) is 19.2. The number of hydrogen-bond donors (Lipinski definition) is 2. The van der Waals surface area contributed by atoms with Crippen LogP contribution in [-0.2, 0) is 4.79 Å².